The molecule has 7 heteroatoms. The van der Waals surface area contributed by atoms with E-state index in [1.165, 1.54) is 20.0 Å². The molecule has 1 aliphatic rings. The third-order valence-electron chi connectivity index (χ3n) is 3.97. The molecule has 7 nitrogen and oxygen atoms in total. The Labute approximate surface area is 141 Å². The molecule has 1 aromatic heterocycles. The molecule has 1 N–H and O–H groups in total. The van der Waals surface area contributed by atoms with E-state index >= 15 is 0 Å². The first-order chi connectivity index (χ1) is 11.8. The first-order valence-electron chi connectivity index (χ1n) is 8.19. The normalized spacial score (nSPS) is 13.9. The fourth-order valence-electron chi connectivity index (χ4n) is 2.76. The fourth-order valence-corrected chi connectivity index (χ4v) is 2.76. The molecular weight excluding hydrogens is 308 g/mol. The number of benzene rings is 1. The maximum atomic E-state index is 11.5. The lowest BCUT2D eigenvalue weighted by Crippen LogP contribution is -2.16. The Morgan fingerprint density at radius 2 is 2.04 bits per heavy atom. The summed E-state index contributed by atoms with van der Waals surface area (Å²) in [6.45, 7) is 1.39. The van der Waals surface area contributed by atoms with Crippen molar-refractivity contribution in [3.05, 3.63) is 35.9 Å². The molecule has 1 aliphatic heterocycles. The number of methoxy groups -OCH3 is 1. The summed E-state index contributed by atoms with van der Waals surface area (Å²) in [5.74, 6) is 2.47. The Morgan fingerprint density at radius 3 is 2.83 bits per heavy atom. The molecule has 24 heavy (non-hydrogen) atoms. The summed E-state index contributed by atoms with van der Waals surface area (Å²) in [5.41, 5.74) is 0.709. The highest BCUT2D eigenvalue weighted by Crippen LogP contribution is 2.18. The standard InChI is InChI=1S/C17H22N4O3/c1-23-12-17(22)18-13-6-8-14(9-7-13)24-11-16-20-19-15-5-3-2-4-10-21(15)16/h6-9H,2-5,10-12H2,1H3,(H,18,22). The van der Waals surface area contributed by atoms with Crippen LogP contribution in [0.5, 0.6) is 5.75 Å². The van der Waals surface area contributed by atoms with E-state index in [2.05, 4.69) is 20.1 Å². The number of fused-ring (bicyclic) bond motifs is 1. The van der Waals surface area contributed by atoms with Gasteiger partial charge in [0.05, 0.1) is 0 Å². The van der Waals surface area contributed by atoms with Gasteiger partial charge in [-0.2, -0.15) is 0 Å². The van der Waals surface area contributed by atoms with Crippen LogP contribution in [0.3, 0.4) is 0 Å². The molecule has 1 amide bonds. The van der Waals surface area contributed by atoms with Gasteiger partial charge in [0.15, 0.2) is 5.82 Å². The summed E-state index contributed by atoms with van der Waals surface area (Å²) in [7, 11) is 1.49. The molecule has 0 radical (unpaired) electrons. The Bertz CT molecular complexity index is 682. The van der Waals surface area contributed by atoms with Crippen LogP contribution in [0.4, 0.5) is 5.69 Å². The van der Waals surface area contributed by atoms with Gasteiger partial charge in [0.1, 0.15) is 24.8 Å². The number of nitrogens with one attached hydrogen (secondary N) is 1. The molecule has 3 rings (SSSR count). The summed E-state index contributed by atoms with van der Waals surface area (Å²) in [4.78, 5) is 11.5. The van der Waals surface area contributed by atoms with Gasteiger partial charge in [-0.3, -0.25) is 4.79 Å². The summed E-state index contributed by atoms with van der Waals surface area (Å²) in [6, 6.07) is 7.24. The number of carbonyl (C=O) groups excluding carboxylic acids is 1. The van der Waals surface area contributed by atoms with Gasteiger partial charge in [-0.1, -0.05) is 6.42 Å². The SMILES string of the molecule is COCC(=O)Nc1ccc(OCc2nnc3n2CCCCC3)cc1. The van der Waals surface area contributed by atoms with E-state index in [0.717, 1.165) is 36.8 Å². The molecule has 0 fully saturated rings. The second-order valence-electron chi connectivity index (χ2n) is 5.79. The second-order valence-corrected chi connectivity index (χ2v) is 5.79. The van der Waals surface area contributed by atoms with E-state index in [9.17, 15) is 4.79 Å². The number of hydrogen-bond donors (Lipinski definition) is 1. The van der Waals surface area contributed by atoms with Gasteiger partial charge in [0.25, 0.3) is 0 Å². The number of hydrogen-bond acceptors (Lipinski definition) is 5. The fraction of sp³-hybridized carbons (Fsp3) is 0.471. The number of rotatable bonds is 6. The molecule has 2 heterocycles. The largest absolute Gasteiger partial charge is 0.486 e. The molecule has 0 bridgehead atoms. The van der Waals surface area contributed by atoms with Gasteiger partial charge in [-0.05, 0) is 37.1 Å². The molecular formula is C17H22N4O3. The van der Waals surface area contributed by atoms with Crippen molar-refractivity contribution in [2.24, 2.45) is 0 Å². The molecule has 0 saturated carbocycles. The Kier molecular flexibility index (Phi) is 5.43. The van der Waals surface area contributed by atoms with Crippen molar-refractivity contribution in [2.75, 3.05) is 19.0 Å². The minimum absolute atomic E-state index is 0.0379. The first-order valence-corrected chi connectivity index (χ1v) is 8.19. The lowest BCUT2D eigenvalue weighted by atomic mass is 10.2. The maximum absolute atomic E-state index is 11.5. The molecule has 0 unspecified atom stereocenters. The van der Waals surface area contributed by atoms with Gasteiger partial charge in [0, 0.05) is 25.8 Å². The average molecular weight is 330 g/mol. The first kappa shape index (κ1) is 16.4. The van der Waals surface area contributed by atoms with Crippen LogP contribution in [0, 0.1) is 0 Å². The molecule has 2 aromatic rings. The van der Waals surface area contributed by atoms with Crippen LogP contribution in [-0.2, 0) is 29.1 Å². The lowest BCUT2D eigenvalue weighted by Gasteiger charge is -2.09. The number of amides is 1. The number of nitrogens with zero attached hydrogens (tertiary/aromatic N) is 3. The van der Waals surface area contributed by atoms with Crippen molar-refractivity contribution in [2.45, 2.75) is 38.8 Å². The zero-order valence-corrected chi connectivity index (χ0v) is 13.8. The topological polar surface area (TPSA) is 78.3 Å². The van der Waals surface area contributed by atoms with E-state index in [1.54, 1.807) is 12.1 Å². The van der Waals surface area contributed by atoms with Crippen molar-refractivity contribution >= 4 is 11.6 Å². The van der Waals surface area contributed by atoms with Crippen LogP contribution >= 0.6 is 0 Å². The Hall–Kier alpha value is -2.41. The predicted octanol–water partition coefficient (Wildman–Crippen LogP) is 2.17. The summed E-state index contributed by atoms with van der Waals surface area (Å²) in [6.07, 6.45) is 4.56. The molecule has 0 atom stereocenters. The van der Waals surface area contributed by atoms with E-state index in [4.69, 9.17) is 9.47 Å². The number of aryl methyl sites for hydroxylation is 1. The third-order valence-corrected chi connectivity index (χ3v) is 3.97. The second kappa shape index (κ2) is 7.92. The van der Waals surface area contributed by atoms with Gasteiger partial charge in [-0.25, -0.2) is 0 Å². The molecule has 128 valence electrons. The summed E-state index contributed by atoms with van der Waals surface area (Å²) < 4.78 is 12.8. The third kappa shape index (κ3) is 4.11. The number of aromatic nitrogens is 3. The van der Waals surface area contributed by atoms with Crippen LogP contribution in [0.2, 0.25) is 0 Å². The zero-order chi connectivity index (χ0) is 16.8. The van der Waals surface area contributed by atoms with Crippen molar-refractivity contribution in [1.29, 1.82) is 0 Å². The van der Waals surface area contributed by atoms with Crippen molar-refractivity contribution in [3.63, 3.8) is 0 Å². The molecule has 0 spiro atoms. The number of carbonyl (C=O) groups is 1. The van der Waals surface area contributed by atoms with Crippen LogP contribution in [0.1, 0.15) is 30.9 Å². The highest BCUT2D eigenvalue weighted by molar-refractivity contribution is 5.91. The summed E-state index contributed by atoms with van der Waals surface area (Å²) >= 11 is 0. The van der Waals surface area contributed by atoms with Gasteiger partial charge in [0.2, 0.25) is 5.91 Å². The monoisotopic (exact) mass is 330 g/mol. The molecule has 0 saturated heterocycles. The van der Waals surface area contributed by atoms with Crippen LogP contribution in [0.15, 0.2) is 24.3 Å². The van der Waals surface area contributed by atoms with Crippen LogP contribution < -0.4 is 10.1 Å². The zero-order valence-electron chi connectivity index (χ0n) is 13.8. The average Bonchev–Trinajstić information content (AvgIpc) is 2.81. The van der Waals surface area contributed by atoms with Gasteiger partial charge in [-0.15, -0.1) is 10.2 Å². The van der Waals surface area contributed by atoms with Gasteiger partial charge >= 0.3 is 0 Å². The Morgan fingerprint density at radius 1 is 1.21 bits per heavy atom. The minimum Gasteiger partial charge on any atom is -0.486 e. The van der Waals surface area contributed by atoms with Gasteiger partial charge < -0.3 is 19.4 Å². The van der Waals surface area contributed by atoms with Crippen LogP contribution in [0.25, 0.3) is 0 Å². The highest BCUT2D eigenvalue weighted by Gasteiger charge is 2.14. The van der Waals surface area contributed by atoms with Crippen molar-refractivity contribution in [3.8, 4) is 5.75 Å². The van der Waals surface area contributed by atoms with Crippen molar-refractivity contribution in [1.82, 2.24) is 14.8 Å². The smallest absolute Gasteiger partial charge is 0.250 e. The van der Waals surface area contributed by atoms with E-state index in [0.29, 0.717) is 12.3 Å². The van der Waals surface area contributed by atoms with Crippen LogP contribution in [-0.4, -0.2) is 34.4 Å². The number of ether oxygens (including phenoxy) is 2. The van der Waals surface area contributed by atoms with E-state index in [-0.39, 0.29) is 12.5 Å². The van der Waals surface area contributed by atoms with E-state index < -0.39 is 0 Å². The molecule has 0 aliphatic carbocycles. The number of anilines is 1. The summed E-state index contributed by atoms with van der Waals surface area (Å²) in [5, 5.41) is 11.3. The molecule has 1 aromatic carbocycles. The lowest BCUT2D eigenvalue weighted by molar-refractivity contribution is -0.119. The quantitative estimate of drug-likeness (QED) is 0.878. The predicted molar refractivity (Wildman–Crippen MR) is 88.9 cm³/mol. The Balaban J connectivity index is 1.57. The minimum atomic E-state index is -0.183. The van der Waals surface area contributed by atoms with E-state index in [1.807, 2.05) is 12.1 Å². The highest BCUT2D eigenvalue weighted by atomic mass is 16.5. The van der Waals surface area contributed by atoms with Crippen molar-refractivity contribution < 1.29 is 14.3 Å². The maximum Gasteiger partial charge on any atom is 0.250 e.